The molecule has 0 bridgehead atoms. The highest BCUT2D eigenvalue weighted by molar-refractivity contribution is 5.80. The van der Waals surface area contributed by atoms with Crippen molar-refractivity contribution in [3.63, 3.8) is 0 Å². The zero-order valence-electron chi connectivity index (χ0n) is 20.2. The third-order valence-corrected chi connectivity index (χ3v) is 8.47. The summed E-state index contributed by atoms with van der Waals surface area (Å²) in [6, 6.07) is 15.6. The SMILES string of the molecule is CN(C)C(=O)Cn1c(=O)n(C2CCN(C3CC4CCCc5cccc3c54)CC2)c2ccccc21. The molecule has 0 saturated carbocycles. The van der Waals surface area contributed by atoms with Crippen molar-refractivity contribution in [1.82, 2.24) is 18.9 Å². The molecule has 2 aromatic carbocycles. The fourth-order valence-corrected chi connectivity index (χ4v) is 6.77. The van der Waals surface area contributed by atoms with E-state index >= 15 is 0 Å². The number of benzene rings is 2. The van der Waals surface area contributed by atoms with Gasteiger partial charge in [-0.05, 0) is 73.3 Å². The number of para-hydroxylation sites is 2. The van der Waals surface area contributed by atoms with Crippen LogP contribution in [-0.4, -0.2) is 52.0 Å². The quantitative estimate of drug-likeness (QED) is 0.592. The minimum Gasteiger partial charge on any atom is -0.347 e. The standard InChI is InChI=1S/C28H34N4O2/c1-29(2)26(33)18-31-23-11-3-4-12-24(23)32(28(31)34)21-13-15-30(16-14-21)25-17-20-9-5-7-19-8-6-10-22(25)27(19)20/h3-4,6,8,10-12,20-21,25H,5,7,9,13-18H2,1-2H3. The van der Waals surface area contributed by atoms with Crippen molar-refractivity contribution in [1.29, 1.82) is 0 Å². The normalized spacial score (nSPS) is 22.8. The molecule has 1 aromatic heterocycles. The number of rotatable bonds is 4. The van der Waals surface area contributed by atoms with E-state index in [9.17, 15) is 9.59 Å². The van der Waals surface area contributed by atoms with Crippen molar-refractivity contribution < 1.29 is 4.79 Å². The van der Waals surface area contributed by atoms with Crippen LogP contribution in [0.2, 0.25) is 0 Å². The summed E-state index contributed by atoms with van der Waals surface area (Å²) in [5.41, 5.74) is 6.54. The number of fused-ring (bicyclic) bond motifs is 1. The molecule has 1 amide bonds. The Balaban J connectivity index is 1.25. The molecule has 3 aromatic rings. The van der Waals surface area contributed by atoms with Gasteiger partial charge < -0.3 is 4.90 Å². The van der Waals surface area contributed by atoms with Crippen LogP contribution in [0.15, 0.2) is 47.3 Å². The van der Waals surface area contributed by atoms with E-state index in [-0.39, 0.29) is 24.2 Å². The number of hydrogen-bond donors (Lipinski definition) is 0. The van der Waals surface area contributed by atoms with Crippen molar-refractivity contribution in [2.75, 3.05) is 27.2 Å². The second-order valence-electron chi connectivity index (χ2n) is 10.5. The average Bonchev–Trinajstić information content (AvgIpc) is 3.36. The van der Waals surface area contributed by atoms with Crippen LogP contribution in [0.1, 0.15) is 66.8 Å². The molecule has 6 nitrogen and oxygen atoms in total. The summed E-state index contributed by atoms with van der Waals surface area (Å²) >= 11 is 0. The number of hydrogen-bond acceptors (Lipinski definition) is 3. The number of likely N-dealkylation sites (N-methyl/N-ethyl adjacent to an activating group) is 1. The van der Waals surface area contributed by atoms with E-state index in [0.29, 0.717) is 6.04 Å². The van der Waals surface area contributed by atoms with Crippen LogP contribution >= 0.6 is 0 Å². The van der Waals surface area contributed by atoms with Gasteiger partial charge in [0, 0.05) is 39.3 Å². The summed E-state index contributed by atoms with van der Waals surface area (Å²) in [7, 11) is 3.47. The van der Waals surface area contributed by atoms with Crippen molar-refractivity contribution in [3.05, 3.63) is 69.6 Å². The number of likely N-dealkylation sites (tertiary alicyclic amines) is 1. The minimum absolute atomic E-state index is 0.0586. The number of nitrogens with zero attached hydrogens (tertiary/aromatic N) is 4. The molecule has 3 aliphatic rings. The number of carbonyl (C=O) groups is 1. The maximum Gasteiger partial charge on any atom is 0.329 e. The molecule has 2 atom stereocenters. The predicted molar refractivity (Wildman–Crippen MR) is 134 cm³/mol. The Kier molecular flexibility index (Phi) is 5.36. The first-order valence-electron chi connectivity index (χ1n) is 12.8. The monoisotopic (exact) mass is 458 g/mol. The molecule has 2 heterocycles. The molecule has 34 heavy (non-hydrogen) atoms. The number of carbonyl (C=O) groups excluding carboxylic acids is 1. The Morgan fingerprint density at radius 1 is 1.00 bits per heavy atom. The molecule has 178 valence electrons. The van der Waals surface area contributed by atoms with E-state index in [2.05, 4.69) is 23.1 Å². The van der Waals surface area contributed by atoms with Crippen molar-refractivity contribution in [2.45, 2.75) is 63.1 Å². The highest BCUT2D eigenvalue weighted by Crippen LogP contribution is 2.50. The van der Waals surface area contributed by atoms with Gasteiger partial charge in [-0.15, -0.1) is 0 Å². The van der Waals surface area contributed by atoms with E-state index in [0.717, 1.165) is 42.9 Å². The molecule has 1 fully saturated rings. The highest BCUT2D eigenvalue weighted by atomic mass is 16.2. The fourth-order valence-electron chi connectivity index (χ4n) is 6.77. The number of imidazole rings is 1. The molecular formula is C28H34N4O2. The molecule has 6 rings (SSSR count). The number of aromatic nitrogens is 2. The summed E-state index contributed by atoms with van der Waals surface area (Å²) in [5.74, 6) is 0.670. The maximum absolute atomic E-state index is 13.5. The first kappa shape index (κ1) is 21.7. The largest absolute Gasteiger partial charge is 0.347 e. The minimum atomic E-state index is -0.0639. The second kappa shape index (κ2) is 8.42. The third-order valence-electron chi connectivity index (χ3n) is 8.47. The molecule has 1 aliphatic heterocycles. The third kappa shape index (κ3) is 3.42. The molecule has 2 unspecified atom stereocenters. The van der Waals surface area contributed by atoms with Crippen LogP contribution in [0.5, 0.6) is 0 Å². The Labute approximate surface area is 200 Å². The zero-order chi connectivity index (χ0) is 23.4. The summed E-state index contributed by atoms with van der Waals surface area (Å²) in [6.07, 6.45) is 7.06. The van der Waals surface area contributed by atoms with Gasteiger partial charge in [0.1, 0.15) is 6.54 Å². The van der Waals surface area contributed by atoms with Crippen molar-refractivity contribution in [3.8, 4) is 0 Å². The summed E-state index contributed by atoms with van der Waals surface area (Å²) < 4.78 is 3.62. The lowest BCUT2D eigenvalue weighted by molar-refractivity contribution is -0.129. The van der Waals surface area contributed by atoms with Gasteiger partial charge in [0.25, 0.3) is 0 Å². The van der Waals surface area contributed by atoms with Gasteiger partial charge in [0.2, 0.25) is 5.91 Å². The van der Waals surface area contributed by atoms with Gasteiger partial charge in [-0.3, -0.25) is 18.8 Å². The Morgan fingerprint density at radius 2 is 1.76 bits per heavy atom. The molecular weight excluding hydrogens is 424 g/mol. The van der Waals surface area contributed by atoms with Gasteiger partial charge in [-0.2, -0.15) is 0 Å². The van der Waals surface area contributed by atoms with Crippen LogP contribution in [0.4, 0.5) is 0 Å². The van der Waals surface area contributed by atoms with E-state index < -0.39 is 0 Å². The van der Waals surface area contributed by atoms with Gasteiger partial charge in [-0.1, -0.05) is 30.3 Å². The zero-order valence-corrected chi connectivity index (χ0v) is 20.2. The lowest BCUT2D eigenvalue weighted by Crippen LogP contribution is -2.40. The van der Waals surface area contributed by atoms with Gasteiger partial charge in [-0.25, -0.2) is 4.79 Å². The lowest BCUT2D eigenvalue weighted by Gasteiger charge is -2.37. The van der Waals surface area contributed by atoms with Crippen LogP contribution in [0.25, 0.3) is 11.0 Å². The highest BCUT2D eigenvalue weighted by Gasteiger charge is 2.38. The van der Waals surface area contributed by atoms with E-state index in [1.807, 2.05) is 28.8 Å². The smallest absolute Gasteiger partial charge is 0.329 e. The molecule has 0 N–H and O–H groups in total. The first-order valence-corrected chi connectivity index (χ1v) is 12.8. The lowest BCUT2D eigenvalue weighted by atomic mass is 9.84. The predicted octanol–water partition coefficient (Wildman–Crippen LogP) is 4.09. The number of piperidine rings is 1. The Hall–Kier alpha value is -2.86. The number of amides is 1. The molecule has 2 aliphatic carbocycles. The van der Waals surface area contributed by atoms with Crippen molar-refractivity contribution >= 4 is 16.9 Å². The summed E-state index contributed by atoms with van der Waals surface area (Å²) in [4.78, 5) is 30.1. The first-order chi connectivity index (χ1) is 16.5. The summed E-state index contributed by atoms with van der Waals surface area (Å²) in [6.45, 7) is 2.10. The van der Waals surface area contributed by atoms with E-state index in [1.165, 1.54) is 25.7 Å². The maximum atomic E-state index is 13.5. The fraction of sp³-hybridized carbons (Fsp3) is 0.500. The molecule has 6 heteroatoms. The second-order valence-corrected chi connectivity index (χ2v) is 10.5. The molecule has 1 saturated heterocycles. The van der Waals surface area contributed by atoms with E-state index in [1.54, 1.807) is 40.3 Å². The molecule has 0 spiro atoms. The average molecular weight is 459 g/mol. The van der Waals surface area contributed by atoms with Gasteiger partial charge in [0.15, 0.2) is 0 Å². The van der Waals surface area contributed by atoms with E-state index in [4.69, 9.17) is 0 Å². The van der Waals surface area contributed by atoms with Crippen LogP contribution in [0.3, 0.4) is 0 Å². The Morgan fingerprint density at radius 3 is 2.53 bits per heavy atom. The van der Waals surface area contributed by atoms with Crippen LogP contribution < -0.4 is 5.69 Å². The number of aryl methyl sites for hydroxylation is 1. The summed E-state index contributed by atoms with van der Waals surface area (Å²) in [5, 5.41) is 0. The van der Waals surface area contributed by atoms with Gasteiger partial charge >= 0.3 is 5.69 Å². The van der Waals surface area contributed by atoms with Crippen LogP contribution in [0, 0.1) is 0 Å². The molecule has 0 radical (unpaired) electrons. The topological polar surface area (TPSA) is 50.5 Å². The van der Waals surface area contributed by atoms with Crippen molar-refractivity contribution in [2.24, 2.45) is 0 Å². The van der Waals surface area contributed by atoms with Crippen LogP contribution in [-0.2, 0) is 17.8 Å². The Bertz CT molecular complexity index is 1300. The van der Waals surface area contributed by atoms with Gasteiger partial charge in [0.05, 0.1) is 11.0 Å².